The Bertz CT molecular complexity index is 3600. The summed E-state index contributed by atoms with van der Waals surface area (Å²) in [6.45, 7) is 13.2. The molecule has 16 heteroatoms. The zero-order valence-electron chi connectivity index (χ0n) is 45.2. The number of benzene rings is 4. The smallest absolute Gasteiger partial charge is 0.128 e. The van der Waals surface area contributed by atoms with E-state index in [9.17, 15) is 19.0 Å². The van der Waals surface area contributed by atoms with Gasteiger partial charge in [0.2, 0.25) is 0 Å². The normalized spacial score (nSPS) is 15.9. The summed E-state index contributed by atoms with van der Waals surface area (Å²) in [5.74, 6) is -1.86. The third-order valence-corrected chi connectivity index (χ3v) is 16.0. The molecule has 0 spiro atoms. The first kappa shape index (κ1) is 52.8. The van der Waals surface area contributed by atoms with E-state index in [0.29, 0.717) is 63.2 Å². The lowest BCUT2D eigenvalue weighted by molar-refractivity contribution is 0.0547. The lowest BCUT2D eigenvalue weighted by Gasteiger charge is -2.33. The molecule has 0 amide bonds. The molecule has 78 heavy (non-hydrogen) atoms. The Hall–Kier alpha value is -7.24. The molecule has 10 aromatic rings. The van der Waals surface area contributed by atoms with Crippen molar-refractivity contribution in [2.75, 3.05) is 26.4 Å². The first-order chi connectivity index (χ1) is 37.3. The number of halogens is 4. The Balaban J connectivity index is 0.000000165. The minimum absolute atomic E-state index is 0.00161. The average Bonchev–Trinajstić information content (AvgIpc) is 4.36. The topological polar surface area (TPSA) is 130 Å². The minimum atomic E-state index is -1.09. The zero-order valence-corrected chi connectivity index (χ0v) is 45.2. The van der Waals surface area contributed by atoms with E-state index in [-0.39, 0.29) is 11.8 Å². The van der Waals surface area contributed by atoms with Crippen molar-refractivity contribution in [1.82, 2.24) is 38.7 Å². The molecule has 6 aromatic heterocycles. The van der Waals surface area contributed by atoms with Crippen LogP contribution in [0.2, 0.25) is 0 Å². The Kier molecular flexibility index (Phi) is 13.9. The van der Waals surface area contributed by atoms with Crippen molar-refractivity contribution in [1.29, 1.82) is 0 Å². The molecule has 2 aliphatic heterocycles. The molecular weight excluding hydrogens is 997 g/mol. The van der Waals surface area contributed by atoms with Crippen LogP contribution in [-0.2, 0) is 34.8 Å². The molecule has 2 aliphatic rings. The molecule has 8 heterocycles. The monoisotopic (exact) mass is 1060 g/mol. The minimum Gasteiger partial charge on any atom is -0.386 e. The first-order valence-electron chi connectivity index (χ1n) is 26.6. The number of aryl methyl sites for hydroxylation is 4. The quantitative estimate of drug-likeness (QED) is 0.130. The van der Waals surface area contributed by atoms with Crippen LogP contribution in [0.15, 0.2) is 110 Å². The average molecular weight is 1060 g/mol. The fourth-order valence-electron chi connectivity index (χ4n) is 12.1. The van der Waals surface area contributed by atoms with Gasteiger partial charge in [-0.1, -0.05) is 24.3 Å². The Morgan fingerprint density at radius 3 is 1.24 bits per heavy atom. The number of pyridine rings is 2. The second-order valence-electron chi connectivity index (χ2n) is 22.2. The van der Waals surface area contributed by atoms with E-state index in [2.05, 4.69) is 31.5 Å². The maximum Gasteiger partial charge on any atom is 0.128 e. The Morgan fingerprint density at radius 1 is 0.513 bits per heavy atom. The Labute approximate surface area is 449 Å². The lowest BCUT2D eigenvalue weighted by Crippen LogP contribution is -2.28. The molecule has 2 fully saturated rings. The SMILES string of the molecule is Cc1cnn(C)c1-c1cnc2c3ccc(C(C)(C)O)cc3n(C(c3cc(F)ccc3F)C3CCOCC3)c2c1.Cc1cnn(C)c1-c1cnc2c3ccc(C(C)(C)O)cc3n(C(c3cc(F)ccc3F)C3CCOCC3)c2c1. The van der Waals surface area contributed by atoms with E-state index >= 15 is 8.78 Å². The molecule has 2 N–H and O–H groups in total. The number of fused-ring (bicyclic) bond motifs is 6. The molecule has 4 aromatic carbocycles. The summed E-state index contributed by atoms with van der Waals surface area (Å²) in [5.41, 5.74) is 10.4. The van der Waals surface area contributed by atoms with Crippen molar-refractivity contribution in [2.45, 2.75) is 90.5 Å². The number of rotatable bonds is 10. The highest BCUT2D eigenvalue weighted by molar-refractivity contribution is 6.08. The first-order valence-corrected chi connectivity index (χ1v) is 26.6. The van der Waals surface area contributed by atoms with Crippen LogP contribution in [0.5, 0.6) is 0 Å². The molecule has 2 atom stereocenters. The molecule has 12 nitrogen and oxygen atoms in total. The molecule has 12 rings (SSSR count). The van der Waals surface area contributed by atoms with Gasteiger partial charge in [-0.2, -0.15) is 10.2 Å². The molecular formula is C62H64F4N8O4. The van der Waals surface area contributed by atoms with Gasteiger partial charge in [-0.3, -0.25) is 19.3 Å². The number of ether oxygens (including phenoxy) is 2. The summed E-state index contributed by atoms with van der Waals surface area (Å²) in [7, 11) is 3.79. The van der Waals surface area contributed by atoms with E-state index in [4.69, 9.17) is 19.4 Å². The van der Waals surface area contributed by atoms with Crippen molar-refractivity contribution in [2.24, 2.45) is 25.9 Å². The maximum atomic E-state index is 15.6. The highest BCUT2D eigenvalue weighted by atomic mass is 19.1. The van der Waals surface area contributed by atoms with Crippen molar-refractivity contribution in [3.63, 3.8) is 0 Å². The fourth-order valence-corrected chi connectivity index (χ4v) is 12.1. The van der Waals surface area contributed by atoms with Gasteiger partial charge in [-0.25, -0.2) is 17.6 Å². The van der Waals surface area contributed by atoms with Crippen LogP contribution in [0.25, 0.3) is 66.4 Å². The van der Waals surface area contributed by atoms with Crippen LogP contribution in [-0.4, -0.2) is 75.3 Å². The summed E-state index contributed by atoms with van der Waals surface area (Å²) in [4.78, 5) is 9.81. The highest BCUT2D eigenvalue weighted by Gasteiger charge is 2.35. The van der Waals surface area contributed by atoms with Gasteiger partial charge in [0.1, 0.15) is 23.3 Å². The third-order valence-electron chi connectivity index (χ3n) is 16.0. The molecule has 0 aliphatic carbocycles. The van der Waals surface area contributed by atoms with E-state index in [1.54, 1.807) is 27.7 Å². The van der Waals surface area contributed by atoms with Crippen molar-refractivity contribution in [3.05, 3.63) is 166 Å². The lowest BCUT2D eigenvalue weighted by atomic mass is 9.86. The zero-order chi connectivity index (χ0) is 54.9. The predicted octanol–water partition coefficient (Wildman–Crippen LogP) is 12.8. The summed E-state index contributed by atoms with van der Waals surface area (Å²) in [6, 6.07) is 22.1. The van der Waals surface area contributed by atoms with E-state index in [1.807, 2.05) is 98.5 Å². The van der Waals surface area contributed by atoms with Crippen LogP contribution in [0.3, 0.4) is 0 Å². The molecule has 404 valence electrons. The van der Waals surface area contributed by atoms with E-state index in [0.717, 1.165) is 101 Å². The van der Waals surface area contributed by atoms with Gasteiger partial charge in [-0.05, 0) is 162 Å². The molecule has 2 unspecified atom stereocenters. The predicted molar refractivity (Wildman–Crippen MR) is 295 cm³/mol. The van der Waals surface area contributed by atoms with Crippen molar-refractivity contribution in [3.8, 4) is 22.5 Å². The van der Waals surface area contributed by atoms with Gasteiger partial charge in [0.15, 0.2) is 0 Å². The number of aliphatic hydroxyl groups is 2. The second-order valence-corrected chi connectivity index (χ2v) is 22.2. The van der Waals surface area contributed by atoms with Gasteiger partial charge in [-0.15, -0.1) is 0 Å². The number of hydrogen-bond donors (Lipinski definition) is 2. The van der Waals surface area contributed by atoms with Crippen molar-refractivity contribution >= 4 is 43.9 Å². The van der Waals surface area contributed by atoms with Gasteiger partial charge in [0.25, 0.3) is 0 Å². The molecule has 0 bridgehead atoms. The number of aromatic nitrogens is 8. The summed E-state index contributed by atoms with van der Waals surface area (Å²) >= 11 is 0. The largest absolute Gasteiger partial charge is 0.386 e. The van der Waals surface area contributed by atoms with Gasteiger partial charge >= 0.3 is 0 Å². The van der Waals surface area contributed by atoms with Crippen LogP contribution in [0.1, 0.15) is 98.8 Å². The highest BCUT2D eigenvalue weighted by Crippen LogP contribution is 2.45. The number of hydrogen-bond acceptors (Lipinski definition) is 8. The fraction of sp³-hybridized carbons (Fsp3) is 0.355. The van der Waals surface area contributed by atoms with Crippen molar-refractivity contribution < 1.29 is 37.2 Å². The van der Waals surface area contributed by atoms with E-state index in [1.165, 1.54) is 24.3 Å². The summed E-state index contributed by atoms with van der Waals surface area (Å²) in [5, 5.41) is 32.3. The van der Waals surface area contributed by atoms with Crippen LogP contribution < -0.4 is 0 Å². The second kappa shape index (κ2) is 20.5. The Morgan fingerprint density at radius 2 is 0.897 bits per heavy atom. The van der Waals surface area contributed by atoms with Crippen LogP contribution in [0, 0.1) is 49.0 Å². The molecule has 0 saturated carbocycles. The standard InChI is InChI=1S/2C31H32F2N4O2/c2*1-18-16-35-36(4)29(18)20-13-27-28(34-17-20)23-7-5-21(31(2,3)38)14-26(23)37(27)30(19-9-11-39-12-10-19)24-15-22(32)6-8-25(24)33/h2*5-8,13-17,19,30,38H,9-12H2,1-4H3. The van der Waals surface area contributed by atoms with Gasteiger partial charge in [0, 0.05) is 85.9 Å². The summed E-state index contributed by atoms with van der Waals surface area (Å²) in [6.07, 6.45) is 10.2. The molecule has 0 radical (unpaired) electrons. The molecule has 2 saturated heterocycles. The van der Waals surface area contributed by atoms with Crippen LogP contribution >= 0.6 is 0 Å². The third kappa shape index (κ3) is 9.66. The number of nitrogens with zero attached hydrogens (tertiary/aromatic N) is 8. The van der Waals surface area contributed by atoms with Gasteiger partial charge < -0.3 is 28.8 Å². The van der Waals surface area contributed by atoms with Crippen LogP contribution in [0.4, 0.5) is 17.6 Å². The maximum absolute atomic E-state index is 15.6. The summed E-state index contributed by atoms with van der Waals surface area (Å²) < 4.78 is 79.6. The van der Waals surface area contributed by atoms with E-state index < -0.39 is 46.6 Å². The van der Waals surface area contributed by atoms with Gasteiger partial charge in [0.05, 0.1) is 80.2 Å².